The molecule has 1 atom stereocenters. The zero-order valence-electron chi connectivity index (χ0n) is 12.4. The molecule has 4 heteroatoms. The van der Waals surface area contributed by atoms with Crippen LogP contribution in [0.25, 0.3) is 0 Å². The summed E-state index contributed by atoms with van der Waals surface area (Å²) in [6.45, 7) is 1.73. The Balaban J connectivity index is 1.71. The average Bonchev–Trinajstić information content (AvgIpc) is 3.02. The third-order valence-corrected chi connectivity index (χ3v) is 3.98. The predicted molar refractivity (Wildman–Crippen MR) is 81.5 cm³/mol. The van der Waals surface area contributed by atoms with Gasteiger partial charge in [0.2, 0.25) is 0 Å². The summed E-state index contributed by atoms with van der Waals surface area (Å²) in [5, 5.41) is 19.0. The van der Waals surface area contributed by atoms with Gasteiger partial charge in [0, 0.05) is 12.6 Å². The normalized spacial score (nSPS) is 17.0. The summed E-state index contributed by atoms with van der Waals surface area (Å²) >= 11 is 0. The molecule has 1 aliphatic rings. The number of nitrogens with zero attached hydrogens (tertiary/aromatic N) is 2. The molecule has 114 valence electrons. The van der Waals surface area contributed by atoms with Crippen LogP contribution < -0.4 is 0 Å². The van der Waals surface area contributed by atoms with Crippen molar-refractivity contribution in [3.8, 4) is 6.07 Å². The van der Waals surface area contributed by atoms with E-state index < -0.39 is 6.10 Å². The Hall–Kier alpha value is -1.41. The van der Waals surface area contributed by atoms with Crippen molar-refractivity contribution in [3.63, 3.8) is 0 Å². The van der Waals surface area contributed by atoms with Crippen LogP contribution in [0.5, 0.6) is 0 Å². The Morgan fingerprint density at radius 2 is 2.00 bits per heavy atom. The molecule has 1 aliphatic carbocycles. The van der Waals surface area contributed by atoms with Gasteiger partial charge in [0.1, 0.15) is 0 Å². The van der Waals surface area contributed by atoms with Gasteiger partial charge in [-0.3, -0.25) is 4.90 Å². The monoisotopic (exact) mass is 288 g/mol. The largest absolute Gasteiger partial charge is 0.389 e. The molecule has 0 aliphatic heterocycles. The second-order valence-electron chi connectivity index (χ2n) is 5.68. The third-order valence-electron chi connectivity index (χ3n) is 3.98. The zero-order chi connectivity index (χ0) is 14.9. The quantitative estimate of drug-likeness (QED) is 0.746. The molecule has 1 unspecified atom stereocenters. The van der Waals surface area contributed by atoms with Crippen LogP contribution in [0.15, 0.2) is 30.3 Å². The molecule has 0 radical (unpaired) electrons. The molecule has 0 heterocycles. The van der Waals surface area contributed by atoms with E-state index in [1.54, 1.807) is 0 Å². The van der Waals surface area contributed by atoms with Gasteiger partial charge in [-0.1, -0.05) is 43.2 Å². The number of aliphatic hydroxyl groups excluding tert-OH is 1. The molecule has 0 spiro atoms. The van der Waals surface area contributed by atoms with E-state index in [4.69, 9.17) is 10.00 Å². The summed E-state index contributed by atoms with van der Waals surface area (Å²) in [5.74, 6) is 0. The van der Waals surface area contributed by atoms with Gasteiger partial charge in [0.05, 0.1) is 31.9 Å². The topological polar surface area (TPSA) is 56.5 Å². The highest BCUT2D eigenvalue weighted by Gasteiger charge is 2.24. The maximum atomic E-state index is 10.1. The van der Waals surface area contributed by atoms with Crippen molar-refractivity contribution in [2.24, 2.45) is 0 Å². The Labute approximate surface area is 127 Å². The highest BCUT2D eigenvalue weighted by Crippen LogP contribution is 2.23. The second-order valence-corrected chi connectivity index (χ2v) is 5.68. The summed E-state index contributed by atoms with van der Waals surface area (Å²) < 4.78 is 5.56. The average molecular weight is 288 g/mol. The molecule has 4 nitrogen and oxygen atoms in total. The molecule has 1 aromatic carbocycles. The first-order valence-corrected chi connectivity index (χ1v) is 7.70. The lowest BCUT2D eigenvalue weighted by molar-refractivity contribution is 0.00537. The van der Waals surface area contributed by atoms with Crippen LogP contribution in [0.4, 0.5) is 0 Å². The number of hydrogen-bond donors (Lipinski definition) is 1. The van der Waals surface area contributed by atoms with Gasteiger partial charge in [-0.25, -0.2) is 0 Å². The minimum atomic E-state index is -0.539. The maximum Gasteiger partial charge on any atom is 0.0900 e. The van der Waals surface area contributed by atoms with Crippen molar-refractivity contribution in [3.05, 3.63) is 35.9 Å². The summed E-state index contributed by atoms with van der Waals surface area (Å²) in [6, 6.07) is 12.6. The van der Waals surface area contributed by atoms with E-state index >= 15 is 0 Å². The highest BCUT2D eigenvalue weighted by atomic mass is 16.5. The standard InChI is InChI=1S/C17H24N2O2/c18-10-11-19(16-8-4-5-9-16)12-17(20)14-21-13-15-6-2-1-3-7-15/h1-3,6-7,16-17,20H,4-5,8-9,11-14H2. The van der Waals surface area contributed by atoms with E-state index in [0.29, 0.717) is 32.3 Å². The van der Waals surface area contributed by atoms with E-state index in [-0.39, 0.29) is 0 Å². The van der Waals surface area contributed by atoms with Crippen LogP contribution >= 0.6 is 0 Å². The van der Waals surface area contributed by atoms with Gasteiger partial charge in [-0.2, -0.15) is 5.26 Å². The van der Waals surface area contributed by atoms with E-state index in [0.717, 1.165) is 18.4 Å². The van der Waals surface area contributed by atoms with Crippen LogP contribution in [-0.4, -0.2) is 41.8 Å². The number of benzene rings is 1. The minimum Gasteiger partial charge on any atom is -0.389 e. The Kier molecular flexibility index (Phi) is 6.68. The first-order chi connectivity index (χ1) is 10.3. The Morgan fingerprint density at radius 1 is 1.29 bits per heavy atom. The van der Waals surface area contributed by atoms with Crippen LogP contribution in [0, 0.1) is 11.3 Å². The molecule has 21 heavy (non-hydrogen) atoms. The number of nitriles is 1. The highest BCUT2D eigenvalue weighted by molar-refractivity contribution is 5.13. The first kappa shape index (κ1) is 16.0. The molecule has 0 saturated heterocycles. The second kappa shape index (κ2) is 8.78. The van der Waals surface area contributed by atoms with Crippen molar-refractivity contribution in [1.29, 1.82) is 5.26 Å². The van der Waals surface area contributed by atoms with Gasteiger partial charge >= 0.3 is 0 Å². The lowest BCUT2D eigenvalue weighted by Gasteiger charge is -2.28. The van der Waals surface area contributed by atoms with Crippen LogP contribution in [0.2, 0.25) is 0 Å². The molecule has 1 aromatic rings. The number of ether oxygens (including phenoxy) is 1. The van der Waals surface area contributed by atoms with Gasteiger partial charge in [0.15, 0.2) is 0 Å². The van der Waals surface area contributed by atoms with Gasteiger partial charge in [0.25, 0.3) is 0 Å². The van der Waals surface area contributed by atoms with Gasteiger partial charge < -0.3 is 9.84 Å². The lowest BCUT2D eigenvalue weighted by Crippen LogP contribution is -2.41. The fraction of sp³-hybridized carbons (Fsp3) is 0.588. The Morgan fingerprint density at radius 3 is 2.67 bits per heavy atom. The van der Waals surface area contributed by atoms with E-state index in [9.17, 15) is 5.11 Å². The van der Waals surface area contributed by atoms with Gasteiger partial charge in [-0.05, 0) is 18.4 Å². The molecular weight excluding hydrogens is 264 g/mol. The van der Waals surface area contributed by atoms with Crippen molar-refractivity contribution >= 4 is 0 Å². The van der Waals surface area contributed by atoms with Crippen molar-refractivity contribution in [2.45, 2.75) is 44.4 Å². The van der Waals surface area contributed by atoms with Gasteiger partial charge in [-0.15, -0.1) is 0 Å². The molecule has 0 bridgehead atoms. The van der Waals surface area contributed by atoms with Crippen LogP contribution in [0.3, 0.4) is 0 Å². The van der Waals surface area contributed by atoms with E-state index in [1.807, 2.05) is 30.3 Å². The lowest BCUT2D eigenvalue weighted by atomic mass is 10.2. The summed E-state index contributed by atoms with van der Waals surface area (Å²) in [7, 11) is 0. The number of rotatable bonds is 8. The zero-order valence-corrected chi connectivity index (χ0v) is 12.4. The van der Waals surface area contributed by atoms with Crippen LogP contribution in [0.1, 0.15) is 31.2 Å². The van der Waals surface area contributed by atoms with Crippen LogP contribution in [-0.2, 0) is 11.3 Å². The number of aliphatic hydroxyl groups is 1. The smallest absolute Gasteiger partial charge is 0.0900 e. The fourth-order valence-corrected chi connectivity index (χ4v) is 2.91. The molecule has 1 fully saturated rings. The Bertz CT molecular complexity index is 438. The maximum absolute atomic E-state index is 10.1. The fourth-order valence-electron chi connectivity index (χ4n) is 2.91. The van der Waals surface area contributed by atoms with Crippen molar-refractivity contribution in [2.75, 3.05) is 19.7 Å². The first-order valence-electron chi connectivity index (χ1n) is 7.70. The van der Waals surface area contributed by atoms with E-state index in [2.05, 4.69) is 11.0 Å². The predicted octanol–water partition coefficient (Wildman–Crippen LogP) is 2.33. The van der Waals surface area contributed by atoms with Crippen molar-refractivity contribution < 1.29 is 9.84 Å². The summed E-state index contributed by atoms with van der Waals surface area (Å²) in [5.41, 5.74) is 1.11. The summed E-state index contributed by atoms with van der Waals surface area (Å²) in [6.07, 6.45) is 4.20. The molecule has 0 aromatic heterocycles. The SMILES string of the molecule is N#CCN(CC(O)COCc1ccccc1)C1CCCC1. The third kappa shape index (κ3) is 5.47. The molecule has 1 N–H and O–H groups in total. The van der Waals surface area contributed by atoms with E-state index in [1.165, 1.54) is 12.8 Å². The molecule has 0 amide bonds. The molecular formula is C17H24N2O2. The molecule has 1 saturated carbocycles. The molecule has 2 rings (SSSR count). The number of hydrogen-bond acceptors (Lipinski definition) is 4. The van der Waals surface area contributed by atoms with Crippen molar-refractivity contribution in [1.82, 2.24) is 4.90 Å². The minimum absolute atomic E-state index is 0.309. The summed E-state index contributed by atoms with van der Waals surface area (Å²) in [4.78, 5) is 2.10.